The first kappa shape index (κ1) is 15.5. The predicted molar refractivity (Wildman–Crippen MR) is 81.2 cm³/mol. The van der Waals surface area contributed by atoms with E-state index in [1.54, 1.807) is 22.5 Å². The summed E-state index contributed by atoms with van der Waals surface area (Å²) in [6.07, 6.45) is 2.24. The third-order valence-electron chi connectivity index (χ3n) is 3.84. The lowest BCUT2D eigenvalue weighted by molar-refractivity contribution is 0.298. The van der Waals surface area contributed by atoms with Crippen LogP contribution in [0.1, 0.15) is 25.3 Å². The number of nitrogens with zero attached hydrogens (tertiary/aromatic N) is 1. The molecule has 0 spiro atoms. The molecule has 0 aromatic heterocycles. The molecular formula is C15H24N2O2S. The Morgan fingerprint density at radius 3 is 2.80 bits per heavy atom. The maximum Gasteiger partial charge on any atom is 0.243 e. The Labute approximate surface area is 122 Å². The summed E-state index contributed by atoms with van der Waals surface area (Å²) >= 11 is 0. The second-order valence-electron chi connectivity index (χ2n) is 5.48. The first-order valence-electron chi connectivity index (χ1n) is 7.31. The molecule has 1 atom stereocenters. The summed E-state index contributed by atoms with van der Waals surface area (Å²) in [5.74, 6) is 0.420. The zero-order valence-electron chi connectivity index (χ0n) is 12.3. The van der Waals surface area contributed by atoms with Crippen LogP contribution in [0.4, 0.5) is 0 Å². The average Bonchev–Trinajstić information content (AvgIpc) is 2.45. The lowest BCUT2D eigenvalue weighted by Crippen LogP contribution is -2.40. The fourth-order valence-electron chi connectivity index (χ4n) is 2.69. The van der Waals surface area contributed by atoms with Crippen molar-refractivity contribution < 1.29 is 8.42 Å². The molecule has 1 unspecified atom stereocenters. The molecular weight excluding hydrogens is 272 g/mol. The van der Waals surface area contributed by atoms with Crippen LogP contribution >= 0.6 is 0 Å². The van der Waals surface area contributed by atoms with Crippen LogP contribution in [-0.4, -0.2) is 38.9 Å². The summed E-state index contributed by atoms with van der Waals surface area (Å²) in [7, 11) is -3.37. The van der Waals surface area contributed by atoms with E-state index in [0.717, 1.165) is 31.5 Å². The monoisotopic (exact) mass is 296 g/mol. The van der Waals surface area contributed by atoms with Crippen molar-refractivity contribution in [3.8, 4) is 0 Å². The van der Waals surface area contributed by atoms with E-state index in [1.807, 2.05) is 19.9 Å². The van der Waals surface area contributed by atoms with Gasteiger partial charge in [0.2, 0.25) is 10.0 Å². The fraction of sp³-hybridized carbons (Fsp3) is 0.600. The molecule has 4 nitrogen and oxygen atoms in total. The molecule has 0 saturated carbocycles. The highest BCUT2D eigenvalue weighted by Gasteiger charge is 2.26. The minimum Gasteiger partial charge on any atom is -0.316 e. The van der Waals surface area contributed by atoms with Crippen LogP contribution in [0.3, 0.4) is 0 Å². The van der Waals surface area contributed by atoms with Gasteiger partial charge in [0.05, 0.1) is 4.90 Å². The lowest BCUT2D eigenvalue weighted by atomic mass is 10.00. The Morgan fingerprint density at radius 1 is 1.40 bits per heavy atom. The van der Waals surface area contributed by atoms with Crippen molar-refractivity contribution >= 4 is 10.0 Å². The second kappa shape index (κ2) is 6.70. The van der Waals surface area contributed by atoms with Gasteiger partial charge in [0.25, 0.3) is 0 Å². The van der Waals surface area contributed by atoms with E-state index in [-0.39, 0.29) is 0 Å². The van der Waals surface area contributed by atoms with Crippen molar-refractivity contribution in [3.63, 3.8) is 0 Å². The highest BCUT2D eigenvalue weighted by Crippen LogP contribution is 2.20. The van der Waals surface area contributed by atoms with Gasteiger partial charge >= 0.3 is 0 Å². The lowest BCUT2D eigenvalue weighted by Gasteiger charge is -2.29. The number of aryl methyl sites for hydroxylation is 1. The number of hydrogen-bond donors (Lipinski definition) is 1. The van der Waals surface area contributed by atoms with Crippen molar-refractivity contribution in [3.05, 3.63) is 29.8 Å². The smallest absolute Gasteiger partial charge is 0.243 e. The van der Waals surface area contributed by atoms with Crippen molar-refractivity contribution in [1.29, 1.82) is 0 Å². The molecule has 1 aromatic carbocycles. The number of sulfonamides is 1. The van der Waals surface area contributed by atoms with Crippen LogP contribution in [0.2, 0.25) is 0 Å². The fourth-order valence-corrected chi connectivity index (χ4v) is 4.32. The Bertz CT molecular complexity index is 537. The van der Waals surface area contributed by atoms with Crippen molar-refractivity contribution in [2.75, 3.05) is 26.2 Å². The van der Waals surface area contributed by atoms with Gasteiger partial charge in [-0.05, 0) is 56.5 Å². The maximum atomic E-state index is 12.7. The van der Waals surface area contributed by atoms with Gasteiger partial charge in [-0.2, -0.15) is 4.31 Å². The van der Waals surface area contributed by atoms with E-state index < -0.39 is 10.0 Å². The predicted octanol–water partition coefficient (Wildman–Crippen LogP) is 2.01. The molecule has 112 valence electrons. The highest BCUT2D eigenvalue weighted by molar-refractivity contribution is 7.89. The summed E-state index contributed by atoms with van der Waals surface area (Å²) < 4.78 is 27.0. The van der Waals surface area contributed by atoms with Crippen molar-refractivity contribution in [2.45, 2.75) is 31.6 Å². The molecule has 0 radical (unpaired) electrons. The summed E-state index contributed by atoms with van der Waals surface area (Å²) in [5, 5.41) is 3.34. The van der Waals surface area contributed by atoms with Gasteiger partial charge in [-0.3, -0.25) is 0 Å². The number of hydrogen-bond acceptors (Lipinski definition) is 3. The molecule has 1 aliphatic heterocycles. The second-order valence-corrected chi connectivity index (χ2v) is 7.42. The molecule has 1 N–H and O–H groups in total. The molecule has 5 heteroatoms. The summed E-state index contributed by atoms with van der Waals surface area (Å²) in [4.78, 5) is 0.406. The first-order valence-corrected chi connectivity index (χ1v) is 8.75. The Hall–Kier alpha value is -0.910. The van der Waals surface area contributed by atoms with Crippen LogP contribution in [-0.2, 0) is 10.0 Å². The van der Waals surface area contributed by atoms with E-state index in [0.29, 0.717) is 23.9 Å². The van der Waals surface area contributed by atoms with E-state index >= 15 is 0 Å². The molecule has 1 fully saturated rings. The Balaban J connectivity index is 2.16. The van der Waals surface area contributed by atoms with Gasteiger partial charge in [0, 0.05) is 13.1 Å². The average molecular weight is 296 g/mol. The zero-order chi connectivity index (χ0) is 14.6. The third kappa shape index (κ3) is 3.59. The largest absolute Gasteiger partial charge is 0.316 e. The van der Waals surface area contributed by atoms with E-state index in [4.69, 9.17) is 0 Å². The molecule has 0 aliphatic carbocycles. The van der Waals surface area contributed by atoms with Gasteiger partial charge in [0.15, 0.2) is 0 Å². The van der Waals surface area contributed by atoms with Gasteiger partial charge in [-0.1, -0.05) is 19.1 Å². The van der Waals surface area contributed by atoms with Crippen LogP contribution in [0.15, 0.2) is 29.2 Å². The first-order chi connectivity index (χ1) is 9.54. The van der Waals surface area contributed by atoms with Gasteiger partial charge in [0.1, 0.15) is 0 Å². The number of nitrogens with one attached hydrogen (secondary N) is 1. The van der Waals surface area contributed by atoms with Gasteiger partial charge in [-0.25, -0.2) is 8.42 Å². The normalized spacial score (nSPS) is 20.2. The van der Waals surface area contributed by atoms with Crippen LogP contribution in [0.5, 0.6) is 0 Å². The minimum atomic E-state index is -3.37. The standard InChI is InChI=1S/C15H24N2O2S/c1-3-17(12-14-7-5-9-16-11-14)20(18,19)15-8-4-6-13(2)10-15/h4,6,8,10,14,16H,3,5,7,9,11-12H2,1-2H3. The number of piperidine rings is 1. The van der Waals surface area contributed by atoms with E-state index in [2.05, 4.69) is 5.32 Å². The Morgan fingerprint density at radius 2 is 2.20 bits per heavy atom. The minimum absolute atomic E-state index is 0.406. The molecule has 0 amide bonds. The molecule has 2 rings (SSSR count). The van der Waals surface area contributed by atoms with Crippen molar-refractivity contribution in [1.82, 2.24) is 9.62 Å². The zero-order valence-corrected chi connectivity index (χ0v) is 13.1. The summed E-state index contributed by atoms with van der Waals surface area (Å²) in [6.45, 7) is 6.92. The molecule has 1 heterocycles. The molecule has 0 bridgehead atoms. The van der Waals surface area contributed by atoms with Gasteiger partial charge < -0.3 is 5.32 Å². The number of rotatable bonds is 5. The maximum absolute atomic E-state index is 12.7. The Kier molecular flexibility index (Phi) is 5.18. The van der Waals surface area contributed by atoms with Crippen LogP contribution in [0, 0.1) is 12.8 Å². The topological polar surface area (TPSA) is 49.4 Å². The third-order valence-corrected chi connectivity index (χ3v) is 5.78. The van der Waals surface area contributed by atoms with Gasteiger partial charge in [-0.15, -0.1) is 0 Å². The van der Waals surface area contributed by atoms with E-state index in [9.17, 15) is 8.42 Å². The molecule has 1 aliphatic rings. The quantitative estimate of drug-likeness (QED) is 0.904. The van der Waals surface area contributed by atoms with Crippen LogP contribution < -0.4 is 5.32 Å². The molecule has 20 heavy (non-hydrogen) atoms. The molecule has 1 aromatic rings. The number of benzene rings is 1. The summed E-state index contributed by atoms with van der Waals surface area (Å²) in [6, 6.07) is 7.15. The van der Waals surface area contributed by atoms with Crippen LogP contribution in [0.25, 0.3) is 0 Å². The van der Waals surface area contributed by atoms with Crippen molar-refractivity contribution in [2.24, 2.45) is 5.92 Å². The SMILES string of the molecule is CCN(CC1CCCNC1)S(=O)(=O)c1cccc(C)c1. The van der Waals surface area contributed by atoms with E-state index in [1.165, 1.54) is 0 Å². The highest BCUT2D eigenvalue weighted by atomic mass is 32.2. The molecule has 1 saturated heterocycles. The summed E-state index contributed by atoms with van der Waals surface area (Å²) in [5.41, 5.74) is 0.974.